The Morgan fingerprint density at radius 1 is 1.35 bits per heavy atom. The van der Waals surface area contributed by atoms with E-state index in [0.29, 0.717) is 54.7 Å². The Hall–Kier alpha value is -1.77. The summed E-state index contributed by atoms with van der Waals surface area (Å²) in [5.74, 6) is 1.85. The second-order valence-electron chi connectivity index (χ2n) is 5.94. The number of nitrogens with zero attached hydrogens (tertiary/aromatic N) is 4. The van der Waals surface area contributed by atoms with Gasteiger partial charge in [-0.25, -0.2) is 0 Å². The van der Waals surface area contributed by atoms with Gasteiger partial charge >= 0.3 is 0 Å². The van der Waals surface area contributed by atoms with Crippen LogP contribution in [0.15, 0.2) is 23.4 Å². The minimum atomic E-state index is 0.0933. The number of morpholine rings is 1. The highest BCUT2D eigenvalue weighted by Gasteiger charge is 2.18. The molecule has 0 saturated carbocycles. The number of amides is 1. The predicted molar refractivity (Wildman–Crippen MR) is 99.6 cm³/mol. The molecule has 7 nitrogen and oxygen atoms in total. The number of carbonyl (C=O) groups excluding carboxylic acids is 1. The molecule has 140 valence electrons. The van der Waals surface area contributed by atoms with E-state index in [-0.39, 0.29) is 5.91 Å². The number of halogens is 1. The number of rotatable bonds is 6. The summed E-state index contributed by atoms with van der Waals surface area (Å²) in [6, 6.07) is 5.51. The Morgan fingerprint density at radius 3 is 2.85 bits per heavy atom. The van der Waals surface area contributed by atoms with Crippen LogP contribution in [0.25, 0.3) is 0 Å². The van der Waals surface area contributed by atoms with Gasteiger partial charge in [-0.05, 0) is 30.7 Å². The number of aromatic nitrogens is 3. The van der Waals surface area contributed by atoms with E-state index in [1.807, 2.05) is 35.6 Å². The third-order valence-corrected chi connectivity index (χ3v) is 5.54. The Kier molecular flexibility index (Phi) is 6.39. The second-order valence-corrected chi connectivity index (χ2v) is 7.29. The van der Waals surface area contributed by atoms with Crippen LogP contribution in [0.4, 0.5) is 0 Å². The Balaban J connectivity index is 1.53. The Morgan fingerprint density at radius 2 is 2.12 bits per heavy atom. The van der Waals surface area contributed by atoms with Crippen molar-refractivity contribution in [3.63, 3.8) is 0 Å². The normalized spacial score (nSPS) is 14.5. The van der Waals surface area contributed by atoms with Crippen LogP contribution in [-0.4, -0.2) is 57.6 Å². The summed E-state index contributed by atoms with van der Waals surface area (Å²) in [5, 5.41) is 9.71. The number of carbonyl (C=O) groups is 1. The highest BCUT2D eigenvalue weighted by atomic mass is 35.5. The molecule has 26 heavy (non-hydrogen) atoms. The average Bonchev–Trinajstić information content (AvgIpc) is 3.01. The summed E-state index contributed by atoms with van der Waals surface area (Å²) in [7, 11) is 1.87. The molecule has 1 aromatic carbocycles. The average molecular weight is 397 g/mol. The molecule has 0 atom stereocenters. The molecule has 1 aliphatic heterocycles. The monoisotopic (exact) mass is 396 g/mol. The topological polar surface area (TPSA) is 69.5 Å². The van der Waals surface area contributed by atoms with Crippen LogP contribution in [0.5, 0.6) is 5.75 Å². The largest absolute Gasteiger partial charge is 0.486 e. The van der Waals surface area contributed by atoms with Crippen LogP contribution < -0.4 is 4.74 Å². The van der Waals surface area contributed by atoms with Gasteiger partial charge in [-0.2, -0.15) is 0 Å². The van der Waals surface area contributed by atoms with E-state index in [1.54, 1.807) is 6.07 Å². The van der Waals surface area contributed by atoms with Crippen LogP contribution in [0.1, 0.15) is 11.4 Å². The van der Waals surface area contributed by atoms with Crippen molar-refractivity contribution in [1.29, 1.82) is 0 Å². The first-order chi connectivity index (χ1) is 12.5. The summed E-state index contributed by atoms with van der Waals surface area (Å²) in [4.78, 5) is 14.0. The molecule has 1 aromatic heterocycles. The molecule has 0 spiro atoms. The van der Waals surface area contributed by atoms with E-state index >= 15 is 0 Å². The van der Waals surface area contributed by atoms with Gasteiger partial charge in [0, 0.05) is 25.2 Å². The van der Waals surface area contributed by atoms with E-state index in [4.69, 9.17) is 21.1 Å². The zero-order valence-electron chi connectivity index (χ0n) is 14.8. The quantitative estimate of drug-likeness (QED) is 0.698. The van der Waals surface area contributed by atoms with Crippen molar-refractivity contribution in [3.8, 4) is 5.75 Å². The molecule has 3 rings (SSSR count). The van der Waals surface area contributed by atoms with Crippen LogP contribution in [-0.2, 0) is 23.2 Å². The van der Waals surface area contributed by atoms with Gasteiger partial charge in [0.1, 0.15) is 12.4 Å². The number of aryl methyl sites for hydroxylation is 1. The van der Waals surface area contributed by atoms with Crippen molar-refractivity contribution in [2.75, 3.05) is 32.1 Å². The zero-order valence-corrected chi connectivity index (χ0v) is 16.3. The van der Waals surface area contributed by atoms with Gasteiger partial charge in [0.15, 0.2) is 11.0 Å². The van der Waals surface area contributed by atoms with Crippen molar-refractivity contribution in [1.82, 2.24) is 19.7 Å². The molecule has 9 heteroatoms. The fourth-order valence-electron chi connectivity index (χ4n) is 2.48. The summed E-state index contributed by atoms with van der Waals surface area (Å²) in [6.07, 6.45) is 0. The molecule has 1 saturated heterocycles. The van der Waals surface area contributed by atoms with Crippen LogP contribution >= 0.6 is 23.4 Å². The van der Waals surface area contributed by atoms with Crippen molar-refractivity contribution >= 4 is 29.3 Å². The van der Waals surface area contributed by atoms with E-state index in [2.05, 4.69) is 10.2 Å². The highest BCUT2D eigenvalue weighted by Crippen LogP contribution is 2.22. The fraction of sp³-hybridized carbons (Fsp3) is 0.471. The molecule has 1 amide bonds. The SMILES string of the molecule is Cc1cc(OCc2nnc(SCC(=O)N3CCOCC3)n2C)ccc1Cl. The standard InChI is InChI=1S/C17H21ClN4O3S/c1-12-9-13(3-4-14(12)18)25-10-15-19-20-17(21(15)2)26-11-16(23)22-5-7-24-8-6-22/h3-4,9H,5-8,10-11H2,1-2H3. The summed E-state index contributed by atoms with van der Waals surface area (Å²) >= 11 is 7.40. The van der Waals surface area contributed by atoms with Crippen molar-refractivity contribution in [3.05, 3.63) is 34.6 Å². The molecule has 0 radical (unpaired) electrons. The molecular weight excluding hydrogens is 376 g/mol. The van der Waals surface area contributed by atoms with Gasteiger partial charge in [-0.1, -0.05) is 23.4 Å². The van der Waals surface area contributed by atoms with Gasteiger partial charge in [0.2, 0.25) is 5.91 Å². The van der Waals surface area contributed by atoms with Crippen LogP contribution in [0.2, 0.25) is 5.02 Å². The molecule has 1 fully saturated rings. The van der Waals surface area contributed by atoms with Gasteiger partial charge in [0.05, 0.1) is 19.0 Å². The molecule has 2 aromatic rings. The van der Waals surface area contributed by atoms with Gasteiger partial charge in [0.25, 0.3) is 0 Å². The van der Waals surface area contributed by atoms with Crippen molar-refractivity contribution < 1.29 is 14.3 Å². The number of thioether (sulfide) groups is 1. The number of hydrogen-bond acceptors (Lipinski definition) is 6. The second kappa shape index (κ2) is 8.75. The third kappa shape index (κ3) is 4.69. The Labute approximate surface area is 161 Å². The summed E-state index contributed by atoms with van der Waals surface area (Å²) in [5.41, 5.74) is 0.958. The van der Waals surface area contributed by atoms with Crippen molar-refractivity contribution in [2.45, 2.75) is 18.7 Å². The maximum atomic E-state index is 12.2. The first kappa shape index (κ1) is 19.0. The summed E-state index contributed by atoms with van der Waals surface area (Å²) < 4.78 is 12.9. The molecule has 0 unspecified atom stereocenters. The van der Waals surface area contributed by atoms with E-state index in [0.717, 1.165) is 11.3 Å². The van der Waals surface area contributed by atoms with Crippen molar-refractivity contribution in [2.24, 2.45) is 7.05 Å². The van der Waals surface area contributed by atoms with Gasteiger partial charge < -0.3 is 18.9 Å². The lowest BCUT2D eigenvalue weighted by Crippen LogP contribution is -2.41. The first-order valence-corrected chi connectivity index (χ1v) is 9.66. The van der Waals surface area contributed by atoms with Gasteiger partial charge in [-0.15, -0.1) is 10.2 Å². The van der Waals surface area contributed by atoms with Crippen LogP contribution in [0, 0.1) is 6.92 Å². The minimum absolute atomic E-state index is 0.0933. The number of benzene rings is 1. The highest BCUT2D eigenvalue weighted by molar-refractivity contribution is 7.99. The zero-order chi connectivity index (χ0) is 18.5. The lowest BCUT2D eigenvalue weighted by molar-refractivity contribution is -0.132. The van der Waals surface area contributed by atoms with E-state index in [1.165, 1.54) is 11.8 Å². The maximum Gasteiger partial charge on any atom is 0.233 e. The molecule has 0 N–H and O–H groups in total. The minimum Gasteiger partial charge on any atom is -0.486 e. The first-order valence-electron chi connectivity index (χ1n) is 8.30. The van der Waals surface area contributed by atoms with Crippen LogP contribution in [0.3, 0.4) is 0 Å². The lowest BCUT2D eigenvalue weighted by atomic mass is 10.2. The molecular formula is C17H21ClN4O3S. The smallest absolute Gasteiger partial charge is 0.233 e. The number of hydrogen-bond donors (Lipinski definition) is 0. The lowest BCUT2D eigenvalue weighted by Gasteiger charge is -2.26. The molecule has 2 heterocycles. The molecule has 0 aliphatic carbocycles. The molecule has 1 aliphatic rings. The van der Waals surface area contributed by atoms with E-state index in [9.17, 15) is 4.79 Å². The van der Waals surface area contributed by atoms with E-state index < -0.39 is 0 Å². The number of ether oxygens (including phenoxy) is 2. The third-order valence-electron chi connectivity index (χ3n) is 4.11. The fourth-order valence-corrected chi connectivity index (χ4v) is 3.43. The predicted octanol–water partition coefficient (Wildman–Crippen LogP) is 2.31. The maximum absolute atomic E-state index is 12.2. The Bertz CT molecular complexity index is 777. The summed E-state index contributed by atoms with van der Waals surface area (Å²) in [6.45, 7) is 4.73. The van der Waals surface area contributed by atoms with Gasteiger partial charge in [-0.3, -0.25) is 4.79 Å². The molecule has 0 bridgehead atoms.